The van der Waals surface area contributed by atoms with E-state index in [1.54, 1.807) is 23.2 Å². The zero-order valence-corrected chi connectivity index (χ0v) is 12.6. The van der Waals surface area contributed by atoms with Crippen LogP contribution in [0.15, 0.2) is 33.8 Å². The standard InChI is InChI=1S/C15H20N4O2/c1-15(2,3)12-4-5-13(20)19(17-12)10-11-8-18(9-11)14-16-6-7-21-14/h4-7,11H,8-10H2,1-3H3. The summed E-state index contributed by atoms with van der Waals surface area (Å²) < 4.78 is 6.84. The molecule has 2 aromatic rings. The molecule has 6 heteroatoms. The van der Waals surface area contributed by atoms with Crippen molar-refractivity contribution in [1.29, 1.82) is 0 Å². The molecular formula is C15H20N4O2. The van der Waals surface area contributed by atoms with Gasteiger partial charge in [-0.15, -0.1) is 0 Å². The Morgan fingerprint density at radius 2 is 2.10 bits per heavy atom. The second kappa shape index (κ2) is 5.02. The lowest BCUT2D eigenvalue weighted by Crippen LogP contribution is -2.50. The van der Waals surface area contributed by atoms with Gasteiger partial charge in [0.05, 0.1) is 18.4 Å². The van der Waals surface area contributed by atoms with Gasteiger partial charge in [0.25, 0.3) is 11.6 Å². The van der Waals surface area contributed by atoms with Gasteiger partial charge in [0.15, 0.2) is 0 Å². The SMILES string of the molecule is CC(C)(C)c1ccc(=O)n(CC2CN(c3ncco3)C2)n1. The van der Waals surface area contributed by atoms with Crippen molar-refractivity contribution in [2.75, 3.05) is 18.0 Å². The second-order valence-electron chi connectivity index (χ2n) is 6.57. The molecule has 1 fully saturated rings. The fraction of sp³-hybridized carbons (Fsp3) is 0.533. The van der Waals surface area contributed by atoms with Crippen LogP contribution in [0.5, 0.6) is 0 Å². The van der Waals surface area contributed by atoms with Crippen LogP contribution in [0.2, 0.25) is 0 Å². The summed E-state index contributed by atoms with van der Waals surface area (Å²) in [6, 6.07) is 4.08. The number of rotatable bonds is 3. The van der Waals surface area contributed by atoms with Gasteiger partial charge >= 0.3 is 0 Å². The lowest BCUT2D eigenvalue weighted by molar-refractivity contribution is 0.313. The average Bonchev–Trinajstić information content (AvgIpc) is 2.87. The van der Waals surface area contributed by atoms with Crippen molar-refractivity contribution in [3.05, 3.63) is 40.6 Å². The van der Waals surface area contributed by atoms with Gasteiger partial charge in [-0.25, -0.2) is 9.67 Å². The van der Waals surface area contributed by atoms with E-state index in [0.29, 0.717) is 18.5 Å². The normalized spacial score (nSPS) is 16.0. The van der Waals surface area contributed by atoms with E-state index in [0.717, 1.165) is 18.8 Å². The van der Waals surface area contributed by atoms with Crippen molar-refractivity contribution < 1.29 is 4.42 Å². The number of hydrogen-bond acceptors (Lipinski definition) is 5. The van der Waals surface area contributed by atoms with Crippen LogP contribution < -0.4 is 10.5 Å². The fourth-order valence-corrected chi connectivity index (χ4v) is 2.44. The molecule has 0 unspecified atom stereocenters. The molecule has 0 radical (unpaired) electrons. The van der Waals surface area contributed by atoms with E-state index in [1.165, 1.54) is 0 Å². The zero-order valence-electron chi connectivity index (χ0n) is 12.6. The highest BCUT2D eigenvalue weighted by molar-refractivity contribution is 5.29. The maximum atomic E-state index is 11.9. The molecule has 0 spiro atoms. The molecule has 0 bridgehead atoms. The Morgan fingerprint density at radius 1 is 1.33 bits per heavy atom. The molecule has 0 atom stereocenters. The molecule has 2 aromatic heterocycles. The van der Waals surface area contributed by atoms with Gasteiger partial charge in [0.1, 0.15) is 6.26 Å². The predicted octanol–water partition coefficient (Wildman–Crippen LogP) is 1.67. The number of nitrogens with zero attached hydrogens (tertiary/aromatic N) is 4. The molecule has 0 aliphatic carbocycles. The number of aromatic nitrogens is 3. The second-order valence-corrected chi connectivity index (χ2v) is 6.57. The zero-order chi connectivity index (χ0) is 15.0. The van der Waals surface area contributed by atoms with Gasteiger partial charge in [-0.1, -0.05) is 20.8 Å². The summed E-state index contributed by atoms with van der Waals surface area (Å²) in [5, 5.41) is 4.50. The van der Waals surface area contributed by atoms with E-state index in [2.05, 4.69) is 35.8 Å². The monoisotopic (exact) mass is 288 g/mol. The molecular weight excluding hydrogens is 268 g/mol. The van der Waals surface area contributed by atoms with Gasteiger partial charge in [-0.05, 0) is 6.07 Å². The van der Waals surface area contributed by atoms with E-state index in [1.807, 2.05) is 6.07 Å². The molecule has 1 aliphatic rings. The van der Waals surface area contributed by atoms with Gasteiger partial charge in [0, 0.05) is 30.5 Å². The van der Waals surface area contributed by atoms with Crippen LogP contribution in [0.4, 0.5) is 6.01 Å². The maximum absolute atomic E-state index is 11.9. The van der Waals surface area contributed by atoms with Crippen molar-refractivity contribution in [1.82, 2.24) is 14.8 Å². The molecule has 3 heterocycles. The highest BCUT2D eigenvalue weighted by Crippen LogP contribution is 2.24. The van der Waals surface area contributed by atoms with Crippen LogP contribution in [0.1, 0.15) is 26.5 Å². The molecule has 0 saturated carbocycles. The van der Waals surface area contributed by atoms with Crippen molar-refractivity contribution in [3.63, 3.8) is 0 Å². The van der Waals surface area contributed by atoms with Gasteiger partial charge < -0.3 is 9.32 Å². The predicted molar refractivity (Wildman–Crippen MR) is 79.4 cm³/mol. The largest absolute Gasteiger partial charge is 0.432 e. The van der Waals surface area contributed by atoms with E-state index in [9.17, 15) is 4.79 Å². The molecule has 0 N–H and O–H groups in total. The minimum Gasteiger partial charge on any atom is -0.432 e. The quantitative estimate of drug-likeness (QED) is 0.859. The van der Waals surface area contributed by atoms with Crippen molar-refractivity contribution in [2.24, 2.45) is 5.92 Å². The third-order valence-electron chi connectivity index (χ3n) is 3.71. The van der Waals surface area contributed by atoms with Crippen LogP contribution in [0.25, 0.3) is 0 Å². The molecule has 1 saturated heterocycles. The Bertz CT molecular complexity index is 664. The maximum Gasteiger partial charge on any atom is 0.297 e. The first kappa shape index (κ1) is 13.9. The highest BCUT2D eigenvalue weighted by atomic mass is 16.4. The summed E-state index contributed by atoms with van der Waals surface area (Å²) in [5.41, 5.74) is 0.836. The first-order valence-electron chi connectivity index (χ1n) is 7.16. The molecule has 6 nitrogen and oxygen atoms in total. The summed E-state index contributed by atoms with van der Waals surface area (Å²) in [6.45, 7) is 8.61. The van der Waals surface area contributed by atoms with Crippen LogP contribution in [-0.4, -0.2) is 27.9 Å². The Morgan fingerprint density at radius 3 is 2.71 bits per heavy atom. The summed E-state index contributed by atoms with van der Waals surface area (Å²) in [7, 11) is 0. The Kier molecular flexibility index (Phi) is 3.31. The average molecular weight is 288 g/mol. The fourth-order valence-electron chi connectivity index (χ4n) is 2.44. The summed E-state index contributed by atoms with van der Waals surface area (Å²) >= 11 is 0. The van der Waals surface area contributed by atoms with Gasteiger partial charge in [-0.2, -0.15) is 5.10 Å². The van der Waals surface area contributed by atoms with Gasteiger partial charge in [0.2, 0.25) is 0 Å². The van der Waals surface area contributed by atoms with E-state index in [-0.39, 0.29) is 11.0 Å². The Labute approximate surface area is 123 Å². The third-order valence-corrected chi connectivity index (χ3v) is 3.71. The molecule has 112 valence electrons. The first-order chi connectivity index (χ1) is 9.93. The van der Waals surface area contributed by atoms with Crippen LogP contribution >= 0.6 is 0 Å². The lowest BCUT2D eigenvalue weighted by Gasteiger charge is -2.38. The first-order valence-corrected chi connectivity index (χ1v) is 7.16. The topological polar surface area (TPSA) is 64.2 Å². The molecule has 3 rings (SSSR count). The van der Waals surface area contributed by atoms with Crippen LogP contribution in [0.3, 0.4) is 0 Å². The smallest absolute Gasteiger partial charge is 0.297 e. The van der Waals surface area contributed by atoms with Crippen LogP contribution in [0, 0.1) is 5.92 Å². The Balaban J connectivity index is 1.68. The van der Waals surface area contributed by atoms with E-state index < -0.39 is 0 Å². The number of anilines is 1. The molecule has 0 amide bonds. The molecule has 1 aliphatic heterocycles. The number of oxazole rings is 1. The van der Waals surface area contributed by atoms with E-state index >= 15 is 0 Å². The lowest BCUT2D eigenvalue weighted by atomic mass is 9.92. The summed E-state index contributed by atoms with van der Waals surface area (Å²) in [6.07, 6.45) is 3.21. The van der Waals surface area contributed by atoms with Crippen molar-refractivity contribution in [2.45, 2.75) is 32.7 Å². The van der Waals surface area contributed by atoms with Crippen molar-refractivity contribution >= 4 is 6.01 Å². The summed E-state index contributed by atoms with van der Waals surface area (Å²) in [5.74, 6) is 0.400. The molecule has 0 aromatic carbocycles. The third kappa shape index (κ3) is 2.84. The minimum atomic E-state index is -0.0564. The van der Waals surface area contributed by atoms with Gasteiger partial charge in [-0.3, -0.25) is 4.79 Å². The minimum absolute atomic E-state index is 0.0439. The Hall–Kier alpha value is -2.11. The van der Waals surface area contributed by atoms with E-state index in [4.69, 9.17) is 4.42 Å². The van der Waals surface area contributed by atoms with Crippen LogP contribution in [-0.2, 0) is 12.0 Å². The number of hydrogen-bond donors (Lipinski definition) is 0. The highest BCUT2D eigenvalue weighted by Gasteiger charge is 2.30. The van der Waals surface area contributed by atoms with Crippen molar-refractivity contribution in [3.8, 4) is 0 Å². The summed E-state index contributed by atoms with van der Waals surface area (Å²) in [4.78, 5) is 18.1. The molecule has 21 heavy (non-hydrogen) atoms.